The topological polar surface area (TPSA) is 26.3 Å². The summed E-state index contributed by atoms with van der Waals surface area (Å²) in [5.74, 6) is 0. The summed E-state index contributed by atoms with van der Waals surface area (Å²) in [5.41, 5.74) is -3.60. The third-order valence-corrected chi connectivity index (χ3v) is 2.40. The standard InChI is InChI=1S/C10H8F3O2S/c11-10(12,13)16-9-3-1-2-8(6-9)4-5-15-7-14/h1-3,6H,4-5H2. The maximum Gasteiger partial charge on any atom is 0.446 e. The summed E-state index contributed by atoms with van der Waals surface area (Å²) in [6.07, 6.45) is 0.376. The minimum absolute atomic E-state index is 0.115. The first-order chi connectivity index (χ1) is 7.51. The first kappa shape index (κ1) is 12.9. The van der Waals surface area contributed by atoms with Gasteiger partial charge >= 0.3 is 12.0 Å². The van der Waals surface area contributed by atoms with Crippen LogP contribution in [0.2, 0.25) is 0 Å². The van der Waals surface area contributed by atoms with E-state index in [1.54, 1.807) is 6.07 Å². The number of thioether (sulfide) groups is 1. The van der Waals surface area contributed by atoms with Crippen LogP contribution in [-0.4, -0.2) is 18.6 Å². The van der Waals surface area contributed by atoms with Crippen molar-refractivity contribution in [1.29, 1.82) is 0 Å². The summed E-state index contributed by atoms with van der Waals surface area (Å²) in [6.45, 7) is 1.37. The van der Waals surface area contributed by atoms with Crippen LogP contribution in [0.25, 0.3) is 0 Å². The minimum atomic E-state index is -4.29. The zero-order valence-electron chi connectivity index (χ0n) is 8.08. The molecule has 0 N–H and O–H groups in total. The Morgan fingerprint density at radius 1 is 1.38 bits per heavy atom. The third kappa shape index (κ3) is 5.06. The van der Waals surface area contributed by atoms with E-state index in [4.69, 9.17) is 0 Å². The number of alkyl halides is 3. The Balaban J connectivity index is 2.60. The van der Waals surface area contributed by atoms with Crippen LogP contribution in [-0.2, 0) is 16.0 Å². The Bertz CT molecular complexity index is 352. The van der Waals surface area contributed by atoms with Gasteiger partial charge in [-0.1, -0.05) is 12.1 Å². The first-order valence-electron chi connectivity index (χ1n) is 4.35. The Labute approximate surface area is 94.8 Å². The highest BCUT2D eigenvalue weighted by Gasteiger charge is 2.29. The molecule has 0 heterocycles. The van der Waals surface area contributed by atoms with Crippen molar-refractivity contribution in [2.75, 3.05) is 6.61 Å². The van der Waals surface area contributed by atoms with Crippen LogP contribution >= 0.6 is 11.8 Å². The molecule has 0 aliphatic heterocycles. The third-order valence-electron chi connectivity index (χ3n) is 1.68. The SMILES string of the molecule is O=[C]OCCc1cccc(SC(F)(F)F)c1. The van der Waals surface area contributed by atoms with Crippen molar-refractivity contribution >= 4 is 18.2 Å². The van der Waals surface area contributed by atoms with E-state index in [1.165, 1.54) is 24.7 Å². The van der Waals surface area contributed by atoms with E-state index in [-0.39, 0.29) is 23.3 Å². The van der Waals surface area contributed by atoms with Crippen LogP contribution in [0.4, 0.5) is 13.2 Å². The monoisotopic (exact) mass is 249 g/mol. The molecule has 0 aromatic heterocycles. The van der Waals surface area contributed by atoms with Crippen molar-refractivity contribution in [2.24, 2.45) is 0 Å². The number of benzene rings is 1. The lowest BCUT2D eigenvalue weighted by atomic mass is 10.2. The molecule has 6 heteroatoms. The molecule has 0 saturated heterocycles. The number of rotatable bonds is 5. The molecule has 0 atom stereocenters. The fourth-order valence-corrected chi connectivity index (χ4v) is 1.73. The molecular weight excluding hydrogens is 241 g/mol. The molecule has 1 aromatic rings. The van der Waals surface area contributed by atoms with E-state index in [2.05, 4.69) is 4.74 Å². The van der Waals surface area contributed by atoms with Gasteiger partial charge in [0.2, 0.25) is 0 Å². The van der Waals surface area contributed by atoms with Gasteiger partial charge in [-0.05, 0) is 29.5 Å². The van der Waals surface area contributed by atoms with E-state index in [0.717, 1.165) is 0 Å². The summed E-state index contributed by atoms with van der Waals surface area (Å²) < 4.78 is 40.5. The van der Waals surface area contributed by atoms with Crippen molar-refractivity contribution in [1.82, 2.24) is 0 Å². The highest BCUT2D eigenvalue weighted by atomic mass is 32.2. The van der Waals surface area contributed by atoms with Crippen LogP contribution in [0.15, 0.2) is 29.2 Å². The van der Waals surface area contributed by atoms with Crippen LogP contribution in [0.1, 0.15) is 5.56 Å². The fourth-order valence-electron chi connectivity index (χ4n) is 1.11. The minimum Gasteiger partial charge on any atom is -0.457 e. The van der Waals surface area contributed by atoms with Gasteiger partial charge in [-0.3, -0.25) is 0 Å². The summed E-state index contributed by atoms with van der Waals surface area (Å²) in [6, 6.07) is 6.02. The van der Waals surface area contributed by atoms with Crippen molar-refractivity contribution < 1.29 is 22.7 Å². The number of carbonyl (C=O) groups excluding carboxylic acids is 1. The summed E-state index contributed by atoms with van der Waals surface area (Å²) >= 11 is -0.164. The molecule has 0 saturated carbocycles. The summed E-state index contributed by atoms with van der Waals surface area (Å²) in [7, 11) is 0. The van der Waals surface area contributed by atoms with Gasteiger partial charge < -0.3 is 4.74 Å². The molecule has 0 unspecified atom stereocenters. The fraction of sp³-hybridized carbons (Fsp3) is 0.300. The molecule has 2 nitrogen and oxygen atoms in total. The van der Waals surface area contributed by atoms with Crippen molar-refractivity contribution in [3.8, 4) is 0 Å². The number of ether oxygens (including phenoxy) is 1. The quantitative estimate of drug-likeness (QED) is 0.593. The zero-order valence-corrected chi connectivity index (χ0v) is 8.90. The Kier molecular flexibility index (Phi) is 4.67. The predicted molar refractivity (Wildman–Crippen MR) is 53.7 cm³/mol. The number of hydrogen-bond donors (Lipinski definition) is 0. The molecule has 0 bridgehead atoms. The lowest BCUT2D eigenvalue weighted by Gasteiger charge is -2.07. The summed E-state index contributed by atoms with van der Waals surface area (Å²) in [4.78, 5) is 9.87. The second-order valence-corrected chi connectivity index (χ2v) is 4.02. The van der Waals surface area contributed by atoms with Gasteiger partial charge in [0.25, 0.3) is 0 Å². The first-order valence-corrected chi connectivity index (χ1v) is 5.16. The van der Waals surface area contributed by atoms with Crippen LogP contribution < -0.4 is 0 Å². The average Bonchev–Trinajstić information content (AvgIpc) is 2.16. The second kappa shape index (κ2) is 5.79. The molecule has 1 radical (unpaired) electrons. The molecule has 0 aliphatic carbocycles. The maximum absolute atomic E-state index is 12.1. The molecule has 16 heavy (non-hydrogen) atoms. The average molecular weight is 249 g/mol. The van der Waals surface area contributed by atoms with E-state index < -0.39 is 5.51 Å². The highest BCUT2D eigenvalue weighted by molar-refractivity contribution is 8.00. The largest absolute Gasteiger partial charge is 0.457 e. The molecule has 0 spiro atoms. The van der Waals surface area contributed by atoms with Crippen LogP contribution in [0, 0.1) is 0 Å². The molecule has 87 valence electrons. The van der Waals surface area contributed by atoms with Gasteiger partial charge in [0, 0.05) is 11.3 Å². The maximum atomic E-state index is 12.1. The Morgan fingerprint density at radius 2 is 2.12 bits per heavy atom. The van der Waals surface area contributed by atoms with Gasteiger partial charge in [0.15, 0.2) is 0 Å². The smallest absolute Gasteiger partial charge is 0.446 e. The number of hydrogen-bond acceptors (Lipinski definition) is 3. The highest BCUT2D eigenvalue weighted by Crippen LogP contribution is 2.36. The lowest BCUT2D eigenvalue weighted by molar-refractivity contribution is -0.0328. The molecular formula is C10H8F3O2S. The Hall–Kier alpha value is -1.17. The van der Waals surface area contributed by atoms with Gasteiger partial charge in [0.1, 0.15) is 0 Å². The van der Waals surface area contributed by atoms with E-state index in [1.807, 2.05) is 0 Å². The van der Waals surface area contributed by atoms with E-state index in [0.29, 0.717) is 12.0 Å². The van der Waals surface area contributed by atoms with Gasteiger partial charge in [-0.25, -0.2) is 4.79 Å². The van der Waals surface area contributed by atoms with Crippen molar-refractivity contribution in [2.45, 2.75) is 16.8 Å². The molecule has 0 amide bonds. The van der Waals surface area contributed by atoms with Crippen molar-refractivity contribution in [3.05, 3.63) is 29.8 Å². The van der Waals surface area contributed by atoms with Gasteiger partial charge in [-0.15, -0.1) is 0 Å². The molecule has 0 aliphatic rings. The predicted octanol–water partition coefficient (Wildman–Crippen LogP) is 2.92. The van der Waals surface area contributed by atoms with E-state index in [9.17, 15) is 18.0 Å². The van der Waals surface area contributed by atoms with Gasteiger partial charge in [-0.2, -0.15) is 13.2 Å². The van der Waals surface area contributed by atoms with Crippen LogP contribution in [0.5, 0.6) is 0 Å². The molecule has 0 fully saturated rings. The van der Waals surface area contributed by atoms with E-state index >= 15 is 0 Å². The van der Waals surface area contributed by atoms with Gasteiger partial charge in [0.05, 0.1) is 6.61 Å². The second-order valence-electron chi connectivity index (χ2n) is 2.88. The number of halogens is 3. The Morgan fingerprint density at radius 3 is 2.75 bits per heavy atom. The molecule has 1 aromatic carbocycles. The van der Waals surface area contributed by atoms with Crippen LogP contribution in [0.3, 0.4) is 0 Å². The lowest BCUT2D eigenvalue weighted by Crippen LogP contribution is -2.00. The summed E-state index contributed by atoms with van der Waals surface area (Å²) in [5, 5.41) is 0. The normalized spacial score (nSPS) is 11.2. The molecule has 1 rings (SSSR count). The van der Waals surface area contributed by atoms with Crippen molar-refractivity contribution in [3.63, 3.8) is 0 Å². The zero-order chi connectivity index (χ0) is 12.0.